The van der Waals surface area contributed by atoms with Gasteiger partial charge in [0.25, 0.3) is 0 Å². The lowest BCUT2D eigenvalue weighted by molar-refractivity contribution is -0.148. The van der Waals surface area contributed by atoms with Crippen LogP contribution in [0.25, 0.3) is 0 Å². The van der Waals surface area contributed by atoms with Crippen LogP contribution in [0.1, 0.15) is 33.1 Å². The minimum Gasteiger partial charge on any atom is -0.462 e. The van der Waals surface area contributed by atoms with Gasteiger partial charge in [-0.2, -0.15) is 0 Å². The molecule has 1 rings (SSSR count). The van der Waals surface area contributed by atoms with Gasteiger partial charge in [0.1, 0.15) is 11.9 Å². The predicted octanol–water partition coefficient (Wildman–Crippen LogP) is 0.993. The minimum absolute atomic E-state index is 0.0797. The molecule has 0 aromatic carbocycles. The second kappa shape index (κ2) is 5.85. The molecule has 15 heavy (non-hydrogen) atoms. The first kappa shape index (κ1) is 12.2. The Morgan fingerprint density at radius 3 is 2.33 bits per heavy atom. The molecule has 1 saturated heterocycles. The highest BCUT2D eigenvalue weighted by Crippen LogP contribution is 2.13. The molecule has 0 atom stereocenters. The molecule has 1 aliphatic heterocycles. The van der Waals surface area contributed by atoms with Gasteiger partial charge in [0.15, 0.2) is 0 Å². The highest BCUT2D eigenvalue weighted by atomic mass is 16.5. The van der Waals surface area contributed by atoms with E-state index in [9.17, 15) is 9.59 Å². The number of hydrogen-bond donors (Lipinski definition) is 0. The normalized spacial score (nSPS) is 18.8. The Morgan fingerprint density at radius 1 is 1.27 bits per heavy atom. The fraction of sp³-hybridized carbons (Fsp3) is 0.818. The summed E-state index contributed by atoms with van der Waals surface area (Å²) in [7, 11) is 0. The average Bonchev–Trinajstić information content (AvgIpc) is 2.16. The number of carbonyl (C=O) groups excluding carboxylic acids is 2. The molecule has 4 heteroatoms. The summed E-state index contributed by atoms with van der Waals surface area (Å²) in [5.41, 5.74) is 0. The second-order valence-corrected chi connectivity index (χ2v) is 4.10. The first-order chi connectivity index (χ1) is 7.08. The van der Waals surface area contributed by atoms with Crippen molar-refractivity contribution in [3.8, 4) is 0 Å². The van der Waals surface area contributed by atoms with Crippen LogP contribution in [-0.2, 0) is 14.3 Å². The Morgan fingerprint density at radius 2 is 1.87 bits per heavy atom. The van der Waals surface area contributed by atoms with E-state index in [0.717, 1.165) is 32.5 Å². The van der Waals surface area contributed by atoms with E-state index >= 15 is 0 Å². The zero-order chi connectivity index (χ0) is 11.3. The number of esters is 1. The maximum absolute atomic E-state index is 10.8. The maximum atomic E-state index is 10.8. The molecule has 86 valence electrons. The lowest BCUT2D eigenvalue weighted by atomic mass is 10.1. The van der Waals surface area contributed by atoms with Gasteiger partial charge >= 0.3 is 5.97 Å². The van der Waals surface area contributed by atoms with E-state index in [1.54, 1.807) is 6.92 Å². The van der Waals surface area contributed by atoms with Crippen molar-refractivity contribution in [3.05, 3.63) is 0 Å². The highest BCUT2D eigenvalue weighted by molar-refractivity contribution is 5.75. The van der Waals surface area contributed by atoms with Crippen LogP contribution >= 0.6 is 0 Å². The third-order valence-corrected chi connectivity index (χ3v) is 2.65. The maximum Gasteiger partial charge on any atom is 0.302 e. The first-order valence-corrected chi connectivity index (χ1v) is 5.47. The minimum atomic E-state index is -0.197. The van der Waals surface area contributed by atoms with Crippen molar-refractivity contribution >= 4 is 11.8 Å². The molecule has 0 radical (unpaired) electrons. The molecule has 0 aromatic heterocycles. The van der Waals surface area contributed by atoms with Crippen molar-refractivity contribution in [1.29, 1.82) is 0 Å². The Kier molecular flexibility index (Phi) is 4.75. The molecular weight excluding hydrogens is 194 g/mol. The molecule has 0 unspecified atom stereocenters. The molecule has 0 aliphatic carbocycles. The third-order valence-electron chi connectivity index (χ3n) is 2.65. The quantitative estimate of drug-likeness (QED) is 0.653. The molecule has 0 N–H and O–H groups in total. The van der Waals surface area contributed by atoms with E-state index in [1.807, 2.05) is 0 Å². The fourth-order valence-electron chi connectivity index (χ4n) is 1.80. The van der Waals surface area contributed by atoms with Crippen LogP contribution in [0.3, 0.4) is 0 Å². The summed E-state index contributed by atoms with van der Waals surface area (Å²) in [6.45, 7) is 5.74. The van der Waals surface area contributed by atoms with Crippen molar-refractivity contribution in [1.82, 2.24) is 4.90 Å². The zero-order valence-corrected chi connectivity index (χ0v) is 9.49. The van der Waals surface area contributed by atoms with E-state index in [4.69, 9.17) is 4.74 Å². The number of ether oxygens (including phenoxy) is 1. The Labute approximate surface area is 90.6 Å². The van der Waals surface area contributed by atoms with Gasteiger partial charge in [-0.05, 0) is 19.8 Å². The van der Waals surface area contributed by atoms with Crippen LogP contribution in [-0.4, -0.2) is 42.4 Å². The number of rotatable bonds is 4. The number of ketones is 1. The Balaban J connectivity index is 2.18. The molecule has 0 spiro atoms. The molecule has 4 nitrogen and oxygen atoms in total. The lowest BCUT2D eigenvalue weighted by Crippen LogP contribution is -2.38. The number of likely N-dealkylation sites (tertiary alicyclic amines) is 1. The molecule has 0 amide bonds. The zero-order valence-electron chi connectivity index (χ0n) is 9.49. The number of carbonyl (C=O) groups is 2. The smallest absolute Gasteiger partial charge is 0.302 e. The molecular formula is C11H19NO3. The summed E-state index contributed by atoms with van der Waals surface area (Å²) in [5, 5.41) is 0. The van der Waals surface area contributed by atoms with Crippen molar-refractivity contribution in [2.75, 3.05) is 19.6 Å². The standard InChI is InChI=1S/C11H19NO3/c1-9(13)3-6-12-7-4-11(5-8-12)15-10(2)14/h11H,3-8H2,1-2H3. The number of piperidine rings is 1. The topological polar surface area (TPSA) is 46.6 Å². The summed E-state index contributed by atoms with van der Waals surface area (Å²) in [6, 6.07) is 0. The van der Waals surface area contributed by atoms with Gasteiger partial charge in [0.05, 0.1) is 0 Å². The van der Waals surface area contributed by atoms with Gasteiger partial charge in [0.2, 0.25) is 0 Å². The van der Waals surface area contributed by atoms with Gasteiger partial charge in [0, 0.05) is 33.0 Å². The van der Waals surface area contributed by atoms with Crippen LogP contribution in [0, 0.1) is 0 Å². The predicted molar refractivity (Wildman–Crippen MR) is 56.5 cm³/mol. The van der Waals surface area contributed by atoms with Gasteiger partial charge < -0.3 is 9.64 Å². The first-order valence-electron chi connectivity index (χ1n) is 5.47. The highest BCUT2D eigenvalue weighted by Gasteiger charge is 2.20. The van der Waals surface area contributed by atoms with Crippen molar-refractivity contribution in [2.24, 2.45) is 0 Å². The molecule has 0 saturated carbocycles. The number of Topliss-reactive ketones (excluding diaryl/α,β-unsaturated/α-hetero) is 1. The second-order valence-electron chi connectivity index (χ2n) is 4.10. The SMILES string of the molecule is CC(=O)CCN1CCC(OC(C)=O)CC1. The largest absolute Gasteiger partial charge is 0.462 e. The van der Waals surface area contributed by atoms with Crippen molar-refractivity contribution < 1.29 is 14.3 Å². The summed E-state index contributed by atoms with van der Waals surface area (Å²) in [6.07, 6.45) is 2.48. The van der Waals surface area contributed by atoms with Crippen LogP contribution in [0.4, 0.5) is 0 Å². The van der Waals surface area contributed by atoms with E-state index in [-0.39, 0.29) is 17.9 Å². The fourth-order valence-corrected chi connectivity index (χ4v) is 1.80. The van der Waals surface area contributed by atoms with Crippen molar-refractivity contribution in [3.63, 3.8) is 0 Å². The van der Waals surface area contributed by atoms with Crippen LogP contribution in [0.15, 0.2) is 0 Å². The molecule has 1 fully saturated rings. The van der Waals surface area contributed by atoms with E-state index in [2.05, 4.69) is 4.90 Å². The van der Waals surface area contributed by atoms with Crippen LogP contribution in [0.2, 0.25) is 0 Å². The van der Waals surface area contributed by atoms with Gasteiger partial charge in [-0.3, -0.25) is 9.59 Å². The molecule has 0 aromatic rings. The Bertz CT molecular complexity index is 232. The number of nitrogens with zero attached hydrogens (tertiary/aromatic N) is 1. The lowest BCUT2D eigenvalue weighted by Gasteiger charge is -2.31. The molecule has 0 bridgehead atoms. The third kappa shape index (κ3) is 4.93. The average molecular weight is 213 g/mol. The molecule has 1 heterocycles. The van der Waals surface area contributed by atoms with Gasteiger partial charge in [-0.25, -0.2) is 0 Å². The Hall–Kier alpha value is -0.900. The van der Waals surface area contributed by atoms with E-state index < -0.39 is 0 Å². The monoisotopic (exact) mass is 213 g/mol. The molecule has 1 aliphatic rings. The van der Waals surface area contributed by atoms with Crippen molar-refractivity contribution in [2.45, 2.75) is 39.2 Å². The summed E-state index contributed by atoms with van der Waals surface area (Å²) >= 11 is 0. The van der Waals surface area contributed by atoms with E-state index in [0.29, 0.717) is 6.42 Å². The van der Waals surface area contributed by atoms with E-state index in [1.165, 1.54) is 6.92 Å². The van der Waals surface area contributed by atoms with Crippen LogP contribution < -0.4 is 0 Å². The summed E-state index contributed by atoms with van der Waals surface area (Å²) < 4.78 is 5.13. The summed E-state index contributed by atoms with van der Waals surface area (Å²) in [5.74, 6) is 0.0364. The summed E-state index contributed by atoms with van der Waals surface area (Å²) in [4.78, 5) is 23.8. The van der Waals surface area contributed by atoms with Crippen LogP contribution in [0.5, 0.6) is 0 Å². The van der Waals surface area contributed by atoms with Gasteiger partial charge in [-0.15, -0.1) is 0 Å². The number of hydrogen-bond acceptors (Lipinski definition) is 4. The van der Waals surface area contributed by atoms with Gasteiger partial charge in [-0.1, -0.05) is 0 Å².